The van der Waals surface area contributed by atoms with Crippen LogP contribution in [-0.2, 0) is 7.05 Å². The van der Waals surface area contributed by atoms with Gasteiger partial charge >= 0.3 is 0 Å². The molecule has 0 bridgehead atoms. The van der Waals surface area contributed by atoms with Gasteiger partial charge in [0, 0.05) is 25.8 Å². The summed E-state index contributed by atoms with van der Waals surface area (Å²) in [7, 11) is 2.00. The highest BCUT2D eigenvalue weighted by Gasteiger charge is 2.27. The van der Waals surface area contributed by atoms with Gasteiger partial charge in [-0.3, -0.25) is 9.58 Å². The van der Waals surface area contributed by atoms with Crippen molar-refractivity contribution in [1.82, 2.24) is 14.7 Å². The summed E-state index contributed by atoms with van der Waals surface area (Å²) >= 11 is 0. The summed E-state index contributed by atoms with van der Waals surface area (Å²) in [6, 6.07) is 2.69. The van der Waals surface area contributed by atoms with Crippen LogP contribution in [0.2, 0.25) is 0 Å². The standard InChI is InChI=1S/C11H20N4/c1-9-8-10(13-14(9)2)11-4-3-6-15(11)7-5-12/h8,11H,3-7,12H2,1-2H3/t11-/m1/s1. The number of aryl methyl sites for hydroxylation is 2. The quantitative estimate of drug-likeness (QED) is 0.800. The molecule has 2 rings (SSSR count). The highest BCUT2D eigenvalue weighted by atomic mass is 15.3. The SMILES string of the molecule is Cc1cc([C@H]2CCCN2CCN)nn1C. The maximum atomic E-state index is 5.62. The Morgan fingerprint density at radius 1 is 1.60 bits per heavy atom. The van der Waals surface area contributed by atoms with Gasteiger partial charge in [0.1, 0.15) is 0 Å². The minimum atomic E-state index is 0.494. The van der Waals surface area contributed by atoms with E-state index in [4.69, 9.17) is 5.73 Å². The van der Waals surface area contributed by atoms with Gasteiger partial charge in [-0.1, -0.05) is 0 Å². The van der Waals surface area contributed by atoms with Gasteiger partial charge in [-0.2, -0.15) is 5.10 Å². The van der Waals surface area contributed by atoms with Crippen LogP contribution in [-0.4, -0.2) is 34.3 Å². The summed E-state index contributed by atoms with van der Waals surface area (Å²) in [5.41, 5.74) is 8.05. The Balaban J connectivity index is 2.15. The monoisotopic (exact) mass is 208 g/mol. The predicted molar refractivity (Wildman–Crippen MR) is 60.5 cm³/mol. The van der Waals surface area contributed by atoms with Crippen LogP contribution in [0.3, 0.4) is 0 Å². The van der Waals surface area contributed by atoms with Crippen LogP contribution in [0.15, 0.2) is 6.07 Å². The first-order valence-electron chi connectivity index (χ1n) is 5.67. The molecule has 0 unspecified atom stereocenters. The maximum absolute atomic E-state index is 5.62. The average Bonchev–Trinajstić information content (AvgIpc) is 2.76. The van der Waals surface area contributed by atoms with Crippen LogP contribution < -0.4 is 5.73 Å². The summed E-state index contributed by atoms with van der Waals surface area (Å²) in [6.45, 7) is 4.98. The lowest BCUT2D eigenvalue weighted by molar-refractivity contribution is 0.259. The molecule has 0 amide bonds. The molecular formula is C11H20N4. The number of likely N-dealkylation sites (tertiary alicyclic amines) is 1. The second-order valence-electron chi connectivity index (χ2n) is 4.32. The molecule has 0 radical (unpaired) electrons. The molecular weight excluding hydrogens is 188 g/mol. The van der Waals surface area contributed by atoms with Crippen molar-refractivity contribution in [3.63, 3.8) is 0 Å². The molecule has 0 spiro atoms. The van der Waals surface area contributed by atoms with E-state index in [1.807, 2.05) is 11.7 Å². The Labute approximate surface area is 91.1 Å². The fraction of sp³-hybridized carbons (Fsp3) is 0.727. The fourth-order valence-electron chi connectivity index (χ4n) is 2.35. The van der Waals surface area contributed by atoms with E-state index in [9.17, 15) is 0 Å². The molecule has 0 aromatic carbocycles. The van der Waals surface area contributed by atoms with E-state index >= 15 is 0 Å². The van der Waals surface area contributed by atoms with E-state index in [0.717, 1.165) is 19.6 Å². The fourth-order valence-corrected chi connectivity index (χ4v) is 2.35. The molecule has 4 nitrogen and oxygen atoms in total. The van der Waals surface area contributed by atoms with Crippen LogP contribution in [0.25, 0.3) is 0 Å². The smallest absolute Gasteiger partial charge is 0.0798 e. The molecule has 15 heavy (non-hydrogen) atoms. The molecule has 1 aromatic heterocycles. The highest BCUT2D eigenvalue weighted by Crippen LogP contribution is 2.30. The van der Waals surface area contributed by atoms with Crippen LogP contribution in [0, 0.1) is 6.92 Å². The molecule has 1 fully saturated rings. The van der Waals surface area contributed by atoms with Gasteiger partial charge < -0.3 is 5.73 Å². The Bertz CT molecular complexity index is 312. The molecule has 0 saturated carbocycles. The van der Waals surface area contributed by atoms with Crippen molar-refractivity contribution >= 4 is 0 Å². The second-order valence-corrected chi connectivity index (χ2v) is 4.32. The number of aromatic nitrogens is 2. The minimum absolute atomic E-state index is 0.494. The number of nitrogens with zero attached hydrogens (tertiary/aromatic N) is 3. The van der Waals surface area contributed by atoms with Gasteiger partial charge in [-0.25, -0.2) is 0 Å². The lowest BCUT2D eigenvalue weighted by atomic mass is 10.1. The molecule has 2 heterocycles. The predicted octanol–water partition coefficient (Wildman–Crippen LogP) is 0.824. The van der Waals surface area contributed by atoms with E-state index in [0.29, 0.717) is 6.04 Å². The van der Waals surface area contributed by atoms with Crippen molar-refractivity contribution in [2.45, 2.75) is 25.8 Å². The van der Waals surface area contributed by atoms with Gasteiger partial charge in [-0.05, 0) is 32.4 Å². The van der Waals surface area contributed by atoms with Crippen molar-refractivity contribution in [3.8, 4) is 0 Å². The zero-order valence-corrected chi connectivity index (χ0v) is 9.61. The Morgan fingerprint density at radius 3 is 3.00 bits per heavy atom. The minimum Gasteiger partial charge on any atom is -0.329 e. The van der Waals surface area contributed by atoms with Crippen molar-refractivity contribution in [2.24, 2.45) is 12.8 Å². The lowest BCUT2D eigenvalue weighted by Crippen LogP contribution is -2.29. The molecule has 1 aliphatic heterocycles. The zero-order valence-electron chi connectivity index (χ0n) is 9.61. The number of nitrogens with two attached hydrogens (primary N) is 1. The Kier molecular flexibility index (Phi) is 3.07. The van der Waals surface area contributed by atoms with E-state index in [2.05, 4.69) is 23.0 Å². The summed E-state index contributed by atoms with van der Waals surface area (Å²) in [5.74, 6) is 0. The number of rotatable bonds is 3. The van der Waals surface area contributed by atoms with E-state index in [-0.39, 0.29) is 0 Å². The number of hydrogen-bond acceptors (Lipinski definition) is 3. The van der Waals surface area contributed by atoms with Crippen LogP contribution in [0.5, 0.6) is 0 Å². The van der Waals surface area contributed by atoms with E-state index in [1.54, 1.807) is 0 Å². The van der Waals surface area contributed by atoms with Crippen molar-refractivity contribution < 1.29 is 0 Å². The van der Waals surface area contributed by atoms with E-state index in [1.165, 1.54) is 24.2 Å². The average molecular weight is 208 g/mol. The van der Waals surface area contributed by atoms with Gasteiger partial charge in [0.2, 0.25) is 0 Å². The first-order chi connectivity index (χ1) is 7.22. The van der Waals surface area contributed by atoms with Gasteiger partial charge in [0.25, 0.3) is 0 Å². The molecule has 84 valence electrons. The number of hydrogen-bond donors (Lipinski definition) is 1. The summed E-state index contributed by atoms with van der Waals surface area (Å²) < 4.78 is 1.95. The highest BCUT2D eigenvalue weighted by molar-refractivity contribution is 5.14. The first-order valence-corrected chi connectivity index (χ1v) is 5.67. The maximum Gasteiger partial charge on any atom is 0.0798 e. The molecule has 1 aliphatic rings. The third kappa shape index (κ3) is 2.06. The summed E-state index contributed by atoms with van der Waals surface area (Å²) in [5, 5.41) is 4.56. The Morgan fingerprint density at radius 2 is 2.40 bits per heavy atom. The summed E-state index contributed by atoms with van der Waals surface area (Å²) in [6.07, 6.45) is 2.48. The third-order valence-electron chi connectivity index (χ3n) is 3.25. The van der Waals surface area contributed by atoms with E-state index < -0.39 is 0 Å². The normalized spacial score (nSPS) is 22.5. The largest absolute Gasteiger partial charge is 0.329 e. The van der Waals surface area contributed by atoms with Crippen LogP contribution >= 0.6 is 0 Å². The van der Waals surface area contributed by atoms with Crippen LogP contribution in [0.4, 0.5) is 0 Å². The summed E-state index contributed by atoms with van der Waals surface area (Å²) in [4.78, 5) is 2.45. The van der Waals surface area contributed by atoms with Crippen molar-refractivity contribution in [3.05, 3.63) is 17.5 Å². The zero-order chi connectivity index (χ0) is 10.8. The second kappa shape index (κ2) is 4.33. The molecule has 0 aliphatic carbocycles. The molecule has 1 atom stereocenters. The van der Waals surface area contributed by atoms with Gasteiger partial charge in [-0.15, -0.1) is 0 Å². The Hall–Kier alpha value is -0.870. The molecule has 1 saturated heterocycles. The lowest BCUT2D eigenvalue weighted by Gasteiger charge is -2.21. The molecule has 1 aromatic rings. The van der Waals surface area contributed by atoms with Gasteiger partial charge in [0.05, 0.1) is 11.7 Å². The third-order valence-corrected chi connectivity index (χ3v) is 3.25. The molecule has 2 N–H and O–H groups in total. The topological polar surface area (TPSA) is 47.1 Å². The van der Waals surface area contributed by atoms with Crippen LogP contribution in [0.1, 0.15) is 30.3 Å². The van der Waals surface area contributed by atoms with Crippen molar-refractivity contribution in [1.29, 1.82) is 0 Å². The first kappa shape index (κ1) is 10.6. The molecule has 4 heteroatoms. The van der Waals surface area contributed by atoms with Crippen molar-refractivity contribution in [2.75, 3.05) is 19.6 Å². The van der Waals surface area contributed by atoms with Gasteiger partial charge in [0.15, 0.2) is 0 Å².